The molecule has 1 amide bonds. The van der Waals surface area contributed by atoms with Gasteiger partial charge < -0.3 is 4.74 Å². The Kier molecular flexibility index (Phi) is 5.92. The van der Waals surface area contributed by atoms with E-state index in [4.69, 9.17) is 4.74 Å². The molecule has 0 saturated carbocycles. The molecule has 1 aromatic heterocycles. The summed E-state index contributed by atoms with van der Waals surface area (Å²) in [6, 6.07) is 24.6. The number of carbonyl (C=O) groups excluding carboxylic acids is 2. The average molecular weight is 470 g/mol. The van der Waals surface area contributed by atoms with Crippen molar-refractivity contribution in [2.24, 2.45) is 0 Å². The van der Waals surface area contributed by atoms with E-state index in [1.807, 2.05) is 78.9 Å². The number of tetrazole rings is 1. The van der Waals surface area contributed by atoms with E-state index in [0.717, 1.165) is 26.7 Å². The molecule has 0 saturated heterocycles. The Morgan fingerprint density at radius 3 is 2.15 bits per heavy atom. The maximum Gasteiger partial charge on any atom is 0.357 e. The smallest absolute Gasteiger partial charge is 0.357 e. The summed E-state index contributed by atoms with van der Waals surface area (Å²) < 4.78 is 6.77. The second-order valence-electron chi connectivity index (χ2n) is 7.42. The third kappa shape index (κ3) is 4.20. The number of hydrogen-bond acceptors (Lipinski definition) is 7. The first-order chi connectivity index (χ1) is 16.6. The van der Waals surface area contributed by atoms with E-state index in [-0.39, 0.29) is 11.6 Å². The van der Waals surface area contributed by atoms with Gasteiger partial charge in [0.1, 0.15) is 0 Å². The van der Waals surface area contributed by atoms with Crippen molar-refractivity contribution in [1.29, 1.82) is 0 Å². The molecule has 3 aromatic carbocycles. The van der Waals surface area contributed by atoms with Gasteiger partial charge in [-0.05, 0) is 53.3 Å². The van der Waals surface area contributed by atoms with Crippen molar-refractivity contribution < 1.29 is 14.3 Å². The Balaban J connectivity index is 1.41. The van der Waals surface area contributed by atoms with E-state index < -0.39 is 12.6 Å². The first-order valence-electron chi connectivity index (χ1n) is 10.5. The zero-order valence-electron chi connectivity index (χ0n) is 18.2. The predicted molar refractivity (Wildman–Crippen MR) is 128 cm³/mol. The van der Waals surface area contributed by atoms with Crippen LogP contribution in [-0.4, -0.2) is 38.7 Å². The minimum atomic E-state index is -0.708. The number of fused-ring (bicyclic) bond motifs is 2. The Hall–Kier alpha value is -4.24. The summed E-state index contributed by atoms with van der Waals surface area (Å²) in [5, 5.41) is 11.4. The van der Waals surface area contributed by atoms with Crippen LogP contribution >= 0.6 is 11.8 Å². The van der Waals surface area contributed by atoms with Crippen LogP contribution in [0.25, 0.3) is 11.8 Å². The Morgan fingerprint density at radius 2 is 1.53 bits per heavy atom. The lowest BCUT2D eigenvalue weighted by atomic mass is 10.2. The maximum atomic E-state index is 13.3. The SMILES string of the molecule is Cc1nnnn1/C(=C\c1ccccc1)C(=O)OCC(=O)N1c2ccccc2Sc2ccccc21. The van der Waals surface area contributed by atoms with Gasteiger partial charge in [-0.3, -0.25) is 9.69 Å². The standard InChI is InChI=1S/C25H19N5O3S/c1-17-26-27-28-30(17)21(15-18-9-3-2-4-10-18)25(32)33-16-24(31)29-19-11-5-7-13-22(19)34-23-14-8-6-12-20(23)29/h2-15H,16H2,1H3/b21-15-. The highest BCUT2D eigenvalue weighted by Gasteiger charge is 2.29. The number of nitrogens with zero attached hydrogens (tertiary/aromatic N) is 5. The van der Waals surface area contributed by atoms with E-state index in [0.29, 0.717) is 5.82 Å². The molecular formula is C25H19N5O3S. The fraction of sp³-hybridized carbons (Fsp3) is 0.0800. The molecule has 2 heterocycles. The number of aryl methyl sites for hydroxylation is 1. The van der Waals surface area contributed by atoms with Crippen LogP contribution in [0, 0.1) is 6.92 Å². The number of rotatable bonds is 5. The van der Waals surface area contributed by atoms with Gasteiger partial charge in [-0.15, -0.1) is 5.10 Å². The second-order valence-corrected chi connectivity index (χ2v) is 8.50. The molecule has 1 aliphatic heterocycles. The number of carbonyl (C=O) groups is 2. The molecule has 0 N–H and O–H groups in total. The fourth-order valence-electron chi connectivity index (χ4n) is 3.61. The van der Waals surface area contributed by atoms with Crippen molar-refractivity contribution in [3.63, 3.8) is 0 Å². The third-order valence-electron chi connectivity index (χ3n) is 5.17. The summed E-state index contributed by atoms with van der Waals surface area (Å²) in [7, 11) is 0. The molecule has 0 fully saturated rings. The monoisotopic (exact) mass is 469 g/mol. The van der Waals surface area contributed by atoms with Crippen molar-refractivity contribution in [3.8, 4) is 0 Å². The lowest BCUT2D eigenvalue weighted by molar-refractivity contribution is -0.142. The quantitative estimate of drug-likeness (QED) is 0.317. The number of amides is 1. The van der Waals surface area contributed by atoms with Crippen LogP contribution in [0.1, 0.15) is 11.4 Å². The van der Waals surface area contributed by atoms with Gasteiger partial charge in [0, 0.05) is 9.79 Å². The summed E-state index contributed by atoms with van der Waals surface area (Å²) in [4.78, 5) is 29.9. The highest BCUT2D eigenvalue weighted by atomic mass is 32.2. The van der Waals surface area contributed by atoms with Crippen molar-refractivity contribution in [1.82, 2.24) is 20.2 Å². The van der Waals surface area contributed by atoms with Gasteiger partial charge >= 0.3 is 5.97 Å². The summed E-state index contributed by atoms with van der Waals surface area (Å²) in [6.07, 6.45) is 1.62. The number of hydrogen-bond donors (Lipinski definition) is 0. The molecule has 168 valence electrons. The zero-order valence-corrected chi connectivity index (χ0v) is 19.0. The molecule has 0 bridgehead atoms. The number of benzene rings is 3. The largest absolute Gasteiger partial charge is 0.451 e. The summed E-state index contributed by atoms with van der Waals surface area (Å²) in [6.45, 7) is 1.23. The number of para-hydroxylation sites is 2. The van der Waals surface area contributed by atoms with Crippen molar-refractivity contribution >= 4 is 46.8 Å². The minimum absolute atomic E-state index is 0.108. The van der Waals surface area contributed by atoms with Gasteiger partial charge in [-0.1, -0.05) is 66.4 Å². The van der Waals surface area contributed by atoms with Crippen LogP contribution < -0.4 is 4.90 Å². The van der Waals surface area contributed by atoms with E-state index in [9.17, 15) is 9.59 Å². The normalized spacial score (nSPS) is 12.6. The number of aromatic nitrogens is 4. The van der Waals surface area contributed by atoms with Gasteiger partial charge in [0.2, 0.25) is 0 Å². The van der Waals surface area contributed by atoms with Crippen molar-refractivity contribution in [2.75, 3.05) is 11.5 Å². The van der Waals surface area contributed by atoms with E-state index in [1.54, 1.807) is 29.7 Å². The van der Waals surface area contributed by atoms with E-state index >= 15 is 0 Å². The summed E-state index contributed by atoms with van der Waals surface area (Å²) in [5.41, 5.74) is 2.38. The summed E-state index contributed by atoms with van der Waals surface area (Å²) >= 11 is 1.60. The molecular weight excluding hydrogens is 450 g/mol. The zero-order chi connectivity index (χ0) is 23.5. The molecule has 8 nitrogen and oxygen atoms in total. The topological polar surface area (TPSA) is 90.2 Å². The third-order valence-corrected chi connectivity index (χ3v) is 6.30. The molecule has 0 radical (unpaired) electrons. The lowest BCUT2D eigenvalue weighted by Gasteiger charge is -2.30. The van der Waals surface area contributed by atoms with Crippen LogP contribution in [0.3, 0.4) is 0 Å². The number of anilines is 2. The molecule has 0 atom stereocenters. The molecule has 0 unspecified atom stereocenters. The van der Waals surface area contributed by atoms with Crippen LogP contribution in [0.4, 0.5) is 11.4 Å². The maximum absolute atomic E-state index is 13.3. The van der Waals surface area contributed by atoms with E-state index in [2.05, 4.69) is 15.5 Å². The van der Waals surface area contributed by atoms with Gasteiger partial charge in [-0.25, -0.2) is 4.79 Å². The molecule has 5 rings (SSSR count). The lowest BCUT2D eigenvalue weighted by Crippen LogP contribution is -2.33. The molecule has 9 heteroatoms. The molecule has 0 spiro atoms. The first kappa shape index (κ1) is 21.6. The van der Waals surface area contributed by atoms with Gasteiger partial charge in [0.05, 0.1) is 11.4 Å². The first-order valence-corrected chi connectivity index (χ1v) is 11.3. The minimum Gasteiger partial charge on any atom is -0.451 e. The fourth-order valence-corrected chi connectivity index (χ4v) is 4.67. The Labute approximate surface area is 199 Å². The van der Waals surface area contributed by atoms with Crippen molar-refractivity contribution in [3.05, 3.63) is 90.3 Å². The van der Waals surface area contributed by atoms with Crippen LogP contribution in [0.2, 0.25) is 0 Å². The molecule has 0 aliphatic carbocycles. The molecule has 1 aliphatic rings. The highest BCUT2D eigenvalue weighted by Crippen LogP contribution is 2.47. The Bertz CT molecular complexity index is 1350. The van der Waals surface area contributed by atoms with Gasteiger partial charge in [-0.2, -0.15) is 4.68 Å². The highest BCUT2D eigenvalue weighted by molar-refractivity contribution is 7.99. The van der Waals surface area contributed by atoms with Crippen LogP contribution in [0.15, 0.2) is 88.7 Å². The number of ether oxygens (including phenoxy) is 1. The van der Waals surface area contributed by atoms with Crippen molar-refractivity contribution in [2.45, 2.75) is 16.7 Å². The molecule has 4 aromatic rings. The number of esters is 1. The predicted octanol–water partition coefficient (Wildman–Crippen LogP) is 4.35. The summed E-state index contributed by atoms with van der Waals surface area (Å²) in [5.74, 6) is -0.650. The van der Waals surface area contributed by atoms with E-state index in [1.165, 1.54) is 4.68 Å². The van der Waals surface area contributed by atoms with Gasteiger partial charge in [0.15, 0.2) is 18.1 Å². The second kappa shape index (κ2) is 9.32. The van der Waals surface area contributed by atoms with Crippen LogP contribution in [0.5, 0.6) is 0 Å². The molecule has 34 heavy (non-hydrogen) atoms. The average Bonchev–Trinajstić information content (AvgIpc) is 3.30. The van der Waals surface area contributed by atoms with Crippen LogP contribution in [-0.2, 0) is 14.3 Å². The van der Waals surface area contributed by atoms with Gasteiger partial charge in [0.25, 0.3) is 5.91 Å². The Morgan fingerprint density at radius 1 is 0.912 bits per heavy atom.